The van der Waals surface area contributed by atoms with Crippen LogP contribution in [0.4, 0.5) is 0 Å². The van der Waals surface area contributed by atoms with Gasteiger partial charge in [-0.15, -0.1) is 0 Å². The van der Waals surface area contributed by atoms with Gasteiger partial charge in [0, 0.05) is 20.3 Å². The molecular weight excluding hydrogens is 332 g/mol. The van der Waals surface area contributed by atoms with Gasteiger partial charge in [-0.05, 0) is 23.8 Å². The molecule has 8 nitrogen and oxygen atoms in total. The molecule has 0 unspecified atom stereocenters. The number of methoxy groups -OCH3 is 2. The van der Waals surface area contributed by atoms with Crippen LogP contribution in [0, 0.1) is 0 Å². The highest BCUT2D eigenvalue weighted by Gasteiger charge is 2.20. The first kappa shape index (κ1) is 18.8. The van der Waals surface area contributed by atoms with E-state index in [1.165, 1.54) is 14.2 Å². The van der Waals surface area contributed by atoms with Crippen LogP contribution >= 0.6 is 0 Å². The fraction of sp³-hybridized carbons (Fsp3) is 0.353. The molecule has 0 fully saturated rings. The van der Waals surface area contributed by atoms with Crippen molar-refractivity contribution in [1.29, 1.82) is 0 Å². The lowest BCUT2D eigenvalue weighted by atomic mass is 10.0. The molecule has 136 valence electrons. The molecule has 0 radical (unpaired) electrons. The van der Waals surface area contributed by atoms with Gasteiger partial charge < -0.3 is 33.6 Å². The first-order valence-electron chi connectivity index (χ1n) is 7.41. The van der Waals surface area contributed by atoms with E-state index in [4.69, 9.17) is 23.4 Å². The smallest absolute Gasteiger partial charge is 0.307 e. The van der Waals surface area contributed by atoms with Crippen LogP contribution in [0.2, 0.25) is 0 Å². The summed E-state index contributed by atoms with van der Waals surface area (Å²) in [4.78, 5) is 11.3. The van der Waals surface area contributed by atoms with Gasteiger partial charge in [-0.3, -0.25) is 4.79 Å². The average Bonchev–Trinajstić information content (AvgIpc) is 3.06. The van der Waals surface area contributed by atoms with Crippen molar-refractivity contribution in [3.05, 3.63) is 35.6 Å². The highest BCUT2D eigenvalue weighted by Crippen LogP contribution is 2.38. The summed E-state index contributed by atoms with van der Waals surface area (Å²) in [5, 5.41) is 18.4. The lowest BCUT2D eigenvalue weighted by Gasteiger charge is -2.16. The van der Waals surface area contributed by atoms with Gasteiger partial charge in [-0.25, -0.2) is 0 Å². The molecule has 0 saturated carbocycles. The predicted octanol–water partition coefficient (Wildman–Crippen LogP) is 2.03. The van der Waals surface area contributed by atoms with Crippen molar-refractivity contribution in [3.8, 4) is 22.8 Å². The van der Waals surface area contributed by atoms with Gasteiger partial charge in [0.2, 0.25) is 0 Å². The molecule has 0 aliphatic heterocycles. The predicted molar refractivity (Wildman–Crippen MR) is 86.4 cm³/mol. The summed E-state index contributed by atoms with van der Waals surface area (Å²) in [6.07, 6.45) is -0.266. The van der Waals surface area contributed by atoms with E-state index in [1.807, 2.05) is 0 Å². The van der Waals surface area contributed by atoms with E-state index in [0.29, 0.717) is 34.1 Å². The molecule has 1 aromatic heterocycles. The minimum atomic E-state index is -1.02. The van der Waals surface area contributed by atoms with Gasteiger partial charge in [0.25, 0.3) is 0 Å². The second-order valence-electron chi connectivity index (χ2n) is 5.05. The van der Waals surface area contributed by atoms with E-state index in [0.717, 1.165) is 0 Å². The van der Waals surface area contributed by atoms with Gasteiger partial charge in [0.05, 0.1) is 12.0 Å². The summed E-state index contributed by atoms with van der Waals surface area (Å²) in [5.41, 5.74) is 0.898. The van der Waals surface area contributed by atoms with Crippen LogP contribution in [-0.4, -0.2) is 44.0 Å². The number of ether oxygens (including phenoxy) is 4. The quantitative estimate of drug-likeness (QED) is 0.626. The number of aliphatic hydroxyl groups excluding tert-OH is 1. The summed E-state index contributed by atoms with van der Waals surface area (Å²) < 4.78 is 26.3. The summed E-state index contributed by atoms with van der Waals surface area (Å²) >= 11 is 0. The minimum Gasteiger partial charge on any atom is -0.481 e. The van der Waals surface area contributed by atoms with Crippen molar-refractivity contribution in [2.75, 3.05) is 27.8 Å². The van der Waals surface area contributed by atoms with Crippen molar-refractivity contribution in [3.63, 3.8) is 0 Å². The summed E-state index contributed by atoms with van der Waals surface area (Å²) in [5.74, 6) is 0.447. The molecule has 0 amide bonds. The standard InChI is InChI=1S/C17H20O8/c1-21-9-23-13-5-11(6-16(19)20)17(15(7-13)24-10-22-2)14-4-3-12(8-18)25-14/h3-5,7,18H,6,8-10H2,1-2H3,(H,19,20). The Hall–Kier alpha value is -2.55. The molecule has 2 rings (SSSR count). The molecule has 1 aromatic carbocycles. The molecular formula is C17H20O8. The van der Waals surface area contributed by atoms with Gasteiger partial charge >= 0.3 is 5.97 Å². The maximum absolute atomic E-state index is 11.3. The summed E-state index contributed by atoms with van der Waals surface area (Å²) in [7, 11) is 2.95. The number of carbonyl (C=O) groups is 1. The maximum atomic E-state index is 11.3. The normalized spacial score (nSPS) is 10.7. The first-order valence-corrected chi connectivity index (χ1v) is 7.41. The number of benzene rings is 1. The minimum absolute atomic E-state index is 0.00495. The number of furan rings is 1. The molecule has 0 saturated heterocycles. The molecule has 0 spiro atoms. The van der Waals surface area contributed by atoms with Gasteiger partial charge in [-0.2, -0.15) is 0 Å². The Bertz CT molecular complexity index is 707. The zero-order valence-corrected chi connectivity index (χ0v) is 14.0. The number of rotatable bonds is 10. The maximum Gasteiger partial charge on any atom is 0.307 e. The zero-order valence-electron chi connectivity index (χ0n) is 14.0. The Balaban J connectivity index is 2.55. The third-order valence-corrected chi connectivity index (χ3v) is 3.24. The summed E-state index contributed by atoms with van der Waals surface area (Å²) in [6.45, 7) is -0.302. The second-order valence-corrected chi connectivity index (χ2v) is 5.05. The van der Waals surface area contributed by atoms with Crippen molar-refractivity contribution >= 4 is 5.97 Å². The van der Waals surface area contributed by atoms with Crippen molar-refractivity contribution in [2.24, 2.45) is 0 Å². The van der Waals surface area contributed by atoms with E-state index in [9.17, 15) is 15.0 Å². The molecule has 0 aliphatic rings. The Labute approximate surface area is 144 Å². The summed E-state index contributed by atoms with van der Waals surface area (Å²) in [6, 6.07) is 6.43. The van der Waals surface area contributed by atoms with Crippen molar-refractivity contribution in [1.82, 2.24) is 0 Å². The van der Waals surface area contributed by atoms with E-state index in [2.05, 4.69) is 0 Å². The third kappa shape index (κ3) is 4.96. The molecule has 0 atom stereocenters. The fourth-order valence-corrected chi connectivity index (χ4v) is 2.27. The molecule has 0 aliphatic carbocycles. The van der Waals surface area contributed by atoms with Crippen LogP contribution in [0.15, 0.2) is 28.7 Å². The van der Waals surface area contributed by atoms with E-state index in [-0.39, 0.29) is 26.6 Å². The van der Waals surface area contributed by atoms with Gasteiger partial charge in [-0.1, -0.05) is 0 Å². The number of hydrogen-bond acceptors (Lipinski definition) is 7. The lowest BCUT2D eigenvalue weighted by Crippen LogP contribution is -2.07. The van der Waals surface area contributed by atoms with Crippen LogP contribution in [0.3, 0.4) is 0 Å². The highest BCUT2D eigenvalue weighted by molar-refractivity contribution is 5.79. The van der Waals surface area contributed by atoms with Crippen LogP contribution in [-0.2, 0) is 27.3 Å². The number of aliphatic hydroxyl groups is 1. The fourth-order valence-electron chi connectivity index (χ4n) is 2.27. The van der Waals surface area contributed by atoms with Crippen molar-refractivity contribution < 1.29 is 38.4 Å². The largest absolute Gasteiger partial charge is 0.481 e. The number of carboxylic acids is 1. The topological polar surface area (TPSA) is 108 Å². The lowest BCUT2D eigenvalue weighted by molar-refractivity contribution is -0.136. The zero-order chi connectivity index (χ0) is 18.2. The van der Waals surface area contributed by atoms with Crippen molar-refractivity contribution in [2.45, 2.75) is 13.0 Å². The molecule has 25 heavy (non-hydrogen) atoms. The Morgan fingerprint density at radius 2 is 1.84 bits per heavy atom. The average molecular weight is 352 g/mol. The number of aliphatic carboxylic acids is 1. The molecule has 2 aromatic rings. The Kier molecular flexibility index (Phi) is 6.81. The van der Waals surface area contributed by atoms with Crippen LogP contribution < -0.4 is 9.47 Å². The molecule has 0 bridgehead atoms. The monoisotopic (exact) mass is 352 g/mol. The molecule has 2 N–H and O–H groups in total. The van der Waals surface area contributed by atoms with Crippen LogP contribution in [0.1, 0.15) is 11.3 Å². The van der Waals surface area contributed by atoms with E-state index >= 15 is 0 Å². The second kappa shape index (κ2) is 9.07. The van der Waals surface area contributed by atoms with Gasteiger partial charge in [0.1, 0.15) is 29.6 Å². The van der Waals surface area contributed by atoms with E-state index in [1.54, 1.807) is 24.3 Å². The van der Waals surface area contributed by atoms with Crippen LogP contribution in [0.5, 0.6) is 11.5 Å². The highest BCUT2D eigenvalue weighted by atomic mass is 16.7. The SMILES string of the molecule is COCOc1cc(CC(=O)O)c(-c2ccc(CO)o2)c(OCOC)c1. The van der Waals surface area contributed by atoms with Crippen LogP contribution in [0.25, 0.3) is 11.3 Å². The Morgan fingerprint density at radius 1 is 1.12 bits per heavy atom. The third-order valence-electron chi connectivity index (χ3n) is 3.24. The van der Waals surface area contributed by atoms with Gasteiger partial charge in [0.15, 0.2) is 13.6 Å². The molecule has 1 heterocycles. The number of carboxylic acid groups (broad SMARTS) is 1. The number of hydrogen-bond donors (Lipinski definition) is 2. The van der Waals surface area contributed by atoms with E-state index < -0.39 is 5.97 Å². The first-order chi connectivity index (χ1) is 12.1. The Morgan fingerprint density at radius 3 is 2.44 bits per heavy atom. The molecule has 8 heteroatoms.